The van der Waals surface area contributed by atoms with E-state index in [-0.39, 0.29) is 0 Å². The zero-order chi connectivity index (χ0) is 13.1. The van der Waals surface area contributed by atoms with Crippen LogP contribution in [0.2, 0.25) is 0 Å². The summed E-state index contributed by atoms with van der Waals surface area (Å²) in [5, 5.41) is 0. The molecule has 0 heterocycles. The third kappa shape index (κ3) is 2.33. The summed E-state index contributed by atoms with van der Waals surface area (Å²) in [7, 11) is 1.68. The molecule has 0 saturated carbocycles. The van der Waals surface area contributed by atoms with E-state index < -0.39 is 0 Å². The van der Waals surface area contributed by atoms with Crippen molar-refractivity contribution in [1.82, 2.24) is 0 Å². The van der Waals surface area contributed by atoms with Gasteiger partial charge in [-0.05, 0) is 55.9 Å². The van der Waals surface area contributed by atoms with Gasteiger partial charge >= 0.3 is 0 Å². The van der Waals surface area contributed by atoms with Crippen molar-refractivity contribution < 1.29 is 9.53 Å². The fourth-order valence-electron chi connectivity index (χ4n) is 2.88. The average molecular weight is 244 g/mol. The topological polar surface area (TPSA) is 26.3 Å². The maximum absolute atomic E-state index is 10.9. The second-order valence-corrected chi connectivity index (χ2v) is 5.06. The molecule has 1 aromatic rings. The lowest BCUT2D eigenvalue weighted by molar-refractivity contribution is 0.112. The fourth-order valence-corrected chi connectivity index (χ4v) is 2.88. The van der Waals surface area contributed by atoms with Gasteiger partial charge in [0, 0.05) is 11.1 Å². The number of hydrogen-bond donors (Lipinski definition) is 0. The van der Waals surface area contributed by atoms with Gasteiger partial charge in [0.2, 0.25) is 0 Å². The Balaban J connectivity index is 2.57. The van der Waals surface area contributed by atoms with Crippen molar-refractivity contribution in [2.24, 2.45) is 5.92 Å². The fraction of sp³-hybridized carbons (Fsp3) is 0.438. The molecule has 2 rings (SSSR count). The summed E-state index contributed by atoms with van der Waals surface area (Å²) in [6, 6.07) is 5.64. The molecular formula is C16H20O2. The number of allylic oxidation sites excluding steroid dienone is 2. The van der Waals surface area contributed by atoms with Crippen molar-refractivity contribution in [2.45, 2.75) is 33.1 Å². The molecule has 18 heavy (non-hydrogen) atoms. The largest absolute Gasteiger partial charge is 0.496 e. The second-order valence-electron chi connectivity index (χ2n) is 5.06. The molecular weight excluding hydrogens is 224 g/mol. The minimum atomic E-state index is 0.537. The van der Waals surface area contributed by atoms with Crippen LogP contribution in [0.25, 0.3) is 5.57 Å². The summed E-state index contributed by atoms with van der Waals surface area (Å²) in [5.74, 6) is 1.40. The van der Waals surface area contributed by atoms with Gasteiger partial charge in [0.15, 0.2) is 0 Å². The predicted octanol–water partition coefficient (Wildman–Crippen LogP) is 4.10. The Hall–Kier alpha value is -1.57. The summed E-state index contributed by atoms with van der Waals surface area (Å²) in [5.41, 5.74) is 4.59. The third-order valence-electron chi connectivity index (χ3n) is 3.79. The van der Waals surface area contributed by atoms with Crippen molar-refractivity contribution in [3.8, 4) is 5.75 Å². The molecule has 0 fully saturated rings. The van der Waals surface area contributed by atoms with E-state index in [1.165, 1.54) is 24.0 Å². The molecule has 0 aliphatic heterocycles. The Labute approximate surface area is 109 Å². The van der Waals surface area contributed by atoms with Crippen LogP contribution in [-0.4, -0.2) is 13.4 Å². The number of aldehydes is 1. The minimum Gasteiger partial charge on any atom is -0.496 e. The molecule has 0 saturated heterocycles. The van der Waals surface area contributed by atoms with Gasteiger partial charge in [0.05, 0.1) is 7.11 Å². The molecule has 96 valence electrons. The molecule has 1 aliphatic carbocycles. The number of carbonyl (C=O) groups excluding carboxylic acids is 1. The highest BCUT2D eigenvalue weighted by molar-refractivity contribution is 5.82. The molecule has 0 amide bonds. The predicted molar refractivity (Wildman–Crippen MR) is 74.0 cm³/mol. The highest BCUT2D eigenvalue weighted by Crippen LogP contribution is 2.40. The number of rotatable bonds is 3. The first-order valence-corrected chi connectivity index (χ1v) is 6.50. The lowest BCUT2D eigenvalue weighted by Crippen LogP contribution is -2.08. The first kappa shape index (κ1) is 12.9. The Morgan fingerprint density at radius 3 is 2.78 bits per heavy atom. The molecule has 0 bridgehead atoms. The molecule has 1 atom stereocenters. The normalized spacial score (nSPS) is 19.8. The molecule has 0 aromatic heterocycles. The summed E-state index contributed by atoms with van der Waals surface area (Å²) in [6.07, 6.45) is 4.51. The summed E-state index contributed by atoms with van der Waals surface area (Å²) >= 11 is 0. The quantitative estimate of drug-likeness (QED) is 0.748. The Bertz CT molecular complexity index is 486. The minimum absolute atomic E-state index is 0.537. The van der Waals surface area contributed by atoms with Gasteiger partial charge in [0.25, 0.3) is 0 Å². The van der Waals surface area contributed by atoms with E-state index in [2.05, 4.69) is 13.8 Å². The van der Waals surface area contributed by atoms with Gasteiger partial charge in [-0.3, -0.25) is 4.79 Å². The van der Waals surface area contributed by atoms with Crippen LogP contribution in [0.1, 0.15) is 49.0 Å². The van der Waals surface area contributed by atoms with Crippen LogP contribution in [0.5, 0.6) is 5.75 Å². The van der Waals surface area contributed by atoms with Crippen molar-refractivity contribution in [3.05, 3.63) is 34.9 Å². The smallest absolute Gasteiger partial charge is 0.150 e. The number of benzene rings is 1. The van der Waals surface area contributed by atoms with Gasteiger partial charge in [-0.15, -0.1) is 0 Å². The number of carbonyl (C=O) groups is 1. The highest BCUT2D eigenvalue weighted by Gasteiger charge is 2.21. The molecule has 0 radical (unpaired) electrons. The van der Waals surface area contributed by atoms with E-state index in [1.807, 2.05) is 12.1 Å². The van der Waals surface area contributed by atoms with Gasteiger partial charge in [0.1, 0.15) is 12.0 Å². The lowest BCUT2D eigenvalue weighted by Gasteiger charge is -2.26. The summed E-state index contributed by atoms with van der Waals surface area (Å²) in [4.78, 5) is 10.9. The van der Waals surface area contributed by atoms with Crippen LogP contribution >= 0.6 is 0 Å². The first-order chi connectivity index (χ1) is 8.67. The van der Waals surface area contributed by atoms with Gasteiger partial charge in [-0.1, -0.05) is 12.5 Å². The average Bonchev–Trinajstić information content (AvgIpc) is 2.38. The number of methoxy groups -OCH3 is 1. The maximum Gasteiger partial charge on any atom is 0.150 e. The van der Waals surface area contributed by atoms with Crippen LogP contribution < -0.4 is 4.74 Å². The third-order valence-corrected chi connectivity index (χ3v) is 3.79. The number of ether oxygens (including phenoxy) is 1. The van der Waals surface area contributed by atoms with Gasteiger partial charge in [-0.25, -0.2) is 0 Å². The van der Waals surface area contributed by atoms with Crippen LogP contribution in [0.3, 0.4) is 0 Å². The van der Waals surface area contributed by atoms with E-state index in [9.17, 15) is 4.79 Å². The summed E-state index contributed by atoms with van der Waals surface area (Å²) < 4.78 is 5.44. The van der Waals surface area contributed by atoms with Crippen LogP contribution in [0.4, 0.5) is 0 Å². The summed E-state index contributed by atoms with van der Waals surface area (Å²) in [6.45, 7) is 4.45. The van der Waals surface area contributed by atoms with Crippen molar-refractivity contribution in [3.63, 3.8) is 0 Å². The maximum atomic E-state index is 10.9. The van der Waals surface area contributed by atoms with Crippen LogP contribution in [0, 0.1) is 5.92 Å². The molecule has 0 spiro atoms. The SMILES string of the molecule is COc1ccc(C=O)cc1C1=C(C)CCCC1C. The Morgan fingerprint density at radius 2 is 2.17 bits per heavy atom. The van der Waals surface area contributed by atoms with E-state index in [1.54, 1.807) is 13.2 Å². The zero-order valence-electron chi connectivity index (χ0n) is 11.3. The first-order valence-electron chi connectivity index (χ1n) is 6.50. The zero-order valence-corrected chi connectivity index (χ0v) is 11.3. The molecule has 0 N–H and O–H groups in total. The molecule has 1 aromatic carbocycles. The standard InChI is InChI=1S/C16H20O2/c1-11-5-4-6-12(2)16(11)14-9-13(10-17)7-8-15(14)18-3/h7-11H,4-6H2,1-3H3. The van der Waals surface area contributed by atoms with Crippen molar-refractivity contribution in [1.29, 1.82) is 0 Å². The van der Waals surface area contributed by atoms with E-state index in [0.717, 1.165) is 24.0 Å². The Morgan fingerprint density at radius 1 is 1.39 bits per heavy atom. The lowest BCUT2D eigenvalue weighted by atomic mass is 9.80. The van der Waals surface area contributed by atoms with Crippen LogP contribution in [0.15, 0.2) is 23.8 Å². The van der Waals surface area contributed by atoms with Gasteiger partial charge in [-0.2, -0.15) is 0 Å². The Kier molecular flexibility index (Phi) is 3.85. The monoisotopic (exact) mass is 244 g/mol. The molecule has 1 unspecified atom stereocenters. The van der Waals surface area contributed by atoms with Gasteiger partial charge < -0.3 is 4.74 Å². The van der Waals surface area contributed by atoms with Crippen molar-refractivity contribution >= 4 is 11.9 Å². The van der Waals surface area contributed by atoms with E-state index >= 15 is 0 Å². The van der Waals surface area contributed by atoms with Crippen LogP contribution in [-0.2, 0) is 0 Å². The number of hydrogen-bond acceptors (Lipinski definition) is 2. The van der Waals surface area contributed by atoms with Crippen molar-refractivity contribution in [2.75, 3.05) is 7.11 Å². The molecule has 1 aliphatic rings. The highest BCUT2D eigenvalue weighted by atomic mass is 16.5. The second kappa shape index (κ2) is 5.38. The molecule has 2 heteroatoms. The van der Waals surface area contributed by atoms with E-state index in [0.29, 0.717) is 11.5 Å². The van der Waals surface area contributed by atoms with E-state index in [4.69, 9.17) is 4.74 Å². The molecule has 2 nitrogen and oxygen atoms in total.